The molecule has 0 saturated carbocycles. The Morgan fingerprint density at radius 3 is 3.00 bits per heavy atom. The van der Waals surface area contributed by atoms with Crippen LogP contribution >= 0.6 is 15.9 Å². The van der Waals surface area contributed by atoms with Gasteiger partial charge < -0.3 is 14.8 Å². The first-order chi connectivity index (χ1) is 10.2. The third-order valence-corrected chi connectivity index (χ3v) is 4.17. The fourth-order valence-electron chi connectivity index (χ4n) is 2.70. The average Bonchev–Trinajstić information content (AvgIpc) is 2.75. The number of carbonyl (C=O) groups excluding carboxylic acids is 1. The Labute approximate surface area is 132 Å². The van der Waals surface area contributed by atoms with Gasteiger partial charge in [-0.2, -0.15) is 0 Å². The van der Waals surface area contributed by atoms with Crippen LogP contribution in [0.3, 0.4) is 0 Å². The third kappa shape index (κ3) is 2.70. The second-order valence-corrected chi connectivity index (χ2v) is 6.00. The van der Waals surface area contributed by atoms with Gasteiger partial charge in [0.2, 0.25) is 0 Å². The molecule has 21 heavy (non-hydrogen) atoms. The molecule has 1 aliphatic rings. The number of benzene rings is 1. The molecule has 1 aromatic carbocycles. The van der Waals surface area contributed by atoms with Gasteiger partial charge in [-0.15, -0.1) is 0 Å². The molecule has 1 aromatic heterocycles. The van der Waals surface area contributed by atoms with Crippen LogP contribution in [-0.4, -0.2) is 23.6 Å². The Kier molecular flexibility index (Phi) is 4.01. The van der Waals surface area contributed by atoms with E-state index in [0.717, 1.165) is 47.6 Å². The molecule has 1 amide bonds. The molecule has 1 N–H and O–H groups in total. The molecular formula is C16H18BrN3O. The molecule has 0 bridgehead atoms. The summed E-state index contributed by atoms with van der Waals surface area (Å²) in [6.45, 7) is 4.44. The molecule has 0 radical (unpaired) electrons. The number of para-hydroxylation sites is 2. The highest BCUT2D eigenvalue weighted by molar-refractivity contribution is 9.10. The Morgan fingerprint density at radius 1 is 1.38 bits per heavy atom. The molecule has 2 heterocycles. The zero-order chi connectivity index (χ0) is 14.8. The summed E-state index contributed by atoms with van der Waals surface area (Å²) in [6, 6.07) is 9.88. The number of nitrogens with zero attached hydrogens (tertiary/aromatic N) is 2. The van der Waals surface area contributed by atoms with Crippen molar-refractivity contribution in [1.29, 1.82) is 0 Å². The van der Waals surface area contributed by atoms with Crippen molar-refractivity contribution >= 4 is 33.2 Å². The molecule has 2 aromatic rings. The van der Waals surface area contributed by atoms with E-state index in [1.807, 2.05) is 52.9 Å². The summed E-state index contributed by atoms with van der Waals surface area (Å²) >= 11 is 3.46. The molecule has 0 saturated heterocycles. The van der Waals surface area contributed by atoms with Gasteiger partial charge in [0, 0.05) is 30.3 Å². The minimum absolute atomic E-state index is 0.0544. The van der Waals surface area contributed by atoms with E-state index in [-0.39, 0.29) is 5.91 Å². The molecule has 5 heteroatoms. The van der Waals surface area contributed by atoms with Crippen molar-refractivity contribution in [3.05, 3.63) is 46.7 Å². The predicted octanol–water partition coefficient (Wildman–Crippen LogP) is 3.73. The molecule has 110 valence electrons. The van der Waals surface area contributed by atoms with Crippen LogP contribution < -0.4 is 10.2 Å². The minimum Gasteiger partial charge on any atom is -0.383 e. The van der Waals surface area contributed by atoms with Crippen molar-refractivity contribution in [3.63, 3.8) is 0 Å². The number of aromatic nitrogens is 1. The number of anilines is 2. The fourth-order valence-corrected chi connectivity index (χ4v) is 3.17. The Balaban J connectivity index is 2.01. The standard InChI is InChI=1S/C16H18BrN3O/c1-2-19-11-12(17)10-15(19)16(21)20-9-5-8-18-13-6-3-4-7-14(13)20/h3-4,6-7,10-11,18H,2,5,8-9H2,1H3. The molecule has 1 aliphatic heterocycles. The van der Waals surface area contributed by atoms with Gasteiger partial charge in [0.15, 0.2) is 0 Å². The first-order valence-corrected chi connectivity index (χ1v) is 8.00. The number of aryl methyl sites for hydroxylation is 1. The van der Waals surface area contributed by atoms with Crippen LogP contribution in [0.1, 0.15) is 23.8 Å². The lowest BCUT2D eigenvalue weighted by molar-refractivity contribution is 0.0978. The van der Waals surface area contributed by atoms with Crippen molar-refractivity contribution in [2.45, 2.75) is 19.9 Å². The highest BCUT2D eigenvalue weighted by Gasteiger charge is 2.24. The number of fused-ring (bicyclic) bond motifs is 1. The molecule has 0 spiro atoms. The second-order valence-electron chi connectivity index (χ2n) is 5.08. The van der Waals surface area contributed by atoms with E-state index in [0.29, 0.717) is 0 Å². The van der Waals surface area contributed by atoms with E-state index in [1.165, 1.54) is 0 Å². The van der Waals surface area contributed by atoms with Crippen molar-refractivity contribution in [2.24, 2.45) is 0 Å². The topological polar surface area (TPSA) is 37.3 Å². The average molecular weight is 348 g/mol. The number of nitrogens with one attached hydrogen (secondary N) is 1. The predicted molar refractivity (Wildman–Crippen MR) is 89.0 cm³/mol. The number of hydrogen-bond acceptors (Lipinski definition) is 2. The van der Waals surface area contributed by atoms with Gasteiger partial charge in [0.1, 0.15) is 5.69 Å². The van der Waals surface area contributed by atoms with Crippen molar-refractivity contribution in [2.75, 3.05) is 23.3 Å². The maximum absolute atomic E-state index is 13.0. The zero-order valence-electron chi connectivity index (χ0n) is 12.0. The van der Waals surface area contributed by atoms with Gasteiger partial charge in [-0.25, -0.2) is 0 Å². The second kappa shape index (κ2) is 5.93. The lowest BCUT2D eigenvalue weighted by Crippen LogP contribution is -2.33. The van der Waals surface area contributed by atoms with Gasteiger partial charge >= 0.3 is 0 Å². The number of carbonyl (C=O) groups is 1. The lowest BCUT2D eigenvalue weighted by atomic mass is 10.2. The van der Waals surface area contributed by atoms with Crippen LogP contribution in [0.5, 0.6) is 0 Å². The molecule has 4 nitrogen and oxygen atoms in total. The summed E-state index contributed by atoms with van der Waals surface area (Å²) in [5.41, 5.74) is 2.71. The maximum Gasteiger partial charge on any atom is 0.274 e. The third-order valence-electron chi connectivity index (χ3n) is 3.74. The summed E-state index contributed by atoms with van der Waals surface area (Å²) in [5.74, 6) is 0.0544. The number of hydrogen-bond donors (Lipinski definition) is 1. The maximum atomic E-state index is 13.0. The summed E-state index contributed by atoms with van der Waals surface area (Å²) in [6.07, 6.45) is 2.89. The highest BCUT2D eigenvalue weighted by Crippen LogP contribution is 2.30. The van der Waals surface area contributed by atoms with E-state index in [1.54, 1.807) is 0 Å². The van der Waals surface area contributed by atoms with E-state index in [9.17, 15) is 4.79 Å². The van der Waals surface area contributed by atoms with E-state index >= 15 is 0 Å². The lowest BCUT2D eigenvalue weighted by Gasteiger charge is -2.23. The molecule has 3 rings (SSSR count). The fraction of sp³-hybridized carbons (Fsp3) is 0.312. The molecular weight excluding hydrogens is 330 g/mol. The van der Waals surface area contributed by atoms with Crippen LogP contribution in [0.4, 0.5) is 11.4 Å². The Morgan fingerprint density at radius 2 is 2.19 bits per heavy atom. The molecule has 0 fully saturated rings. The summed E-state index contributed by atoms with van der Waals surface area (Å²) in [7, 11) is 0. The van der Waals surface area contributed by atoms with Gasteiger partial charge in [-0.05, 0) is 47.5 Å². The van der Waals surface area contributed by atoms with Crippen LogP contribution in [0.2, 0.25) is 0 Å². The Hall–Kier alpha value is -1.75. The molecule has 0 unspecified atom stereocenters. The van der Waals surface area contributed by atoms with Crippen LogP contribution in [0.25, 0.3) is 0 Å². The van der Waals surface area contributed by atoms with E-state index in [4.69, 9.17) is 0 Å². The van der Waals surface area contributed by atoms with Gasteiger partial charge in [-0.3, -0.25) is 4.79 Å². The first kappa shape index (κ1) is 14.2. The van der Waals surface area contributed by atoms with Gasteiger partial charge in [-0.1, -0.05) is 12.1 Å². The largest absolute Gasteiger partial charge is 0.383 e. The minimum atomic E-state index is 0.0544. The normalized spacial score (nSPS) is 14.3. The number of halogens is 1. The number of rotatable bonds is 2. The molecule has 0 aliphatic carbocycles. The smallest absolute Gasteiger partial charge is 0.274 e. The van der Waals surface area contributed by atoms with Crippen LogP contribution in [0.15, 0.2) is 41.0 Å². The van der Waals surface area contributed by atoms with Gasteiger partial charge in [0.05, 0.1) is 11.4 Å². The van der Waals surface area contributed by atoms with Gasteiger partial charge in [0.25, 0.3) is 5.91 Å². The van der Waals surface area contributed by atoms with E-state index in [2.05, 4.69) is 21.2 Å². The summed E-state index contributed by atoms with van der Waals surface area (Å²) in [4.78, 5) is 14.8. The van der Waals surface area contributed by atoms with Crippen LogP contribution in [0, 0.1) is 0 Å². The monoisotopic (exact) mass is 347 g/mol. The van der Waals surface area contributed by atoms with E-state index < -0.39 is 0 Å². The van der Waals surface area contributed by atoms with Crippen LogP contribution in [-0.2, 0) is 6.54 Å². The SMILES string of the molecule is CCn1cc(Br)cc1C(=O)N1CCCNc2ccccc21. The molecule has 0 atom stereocenters. The zero-order valence-corrected chi connectivity index (χ0v) is 13.6. The quantitative estimate of drug-likeness (QED) is 0.898. The summed E-state index contributed by atoms with van der Waals surface area (Å²) in [5, 5.41) is 3.39. The first-order valence-electron chi connectivity index (χ1n) is 7.21. The van der Waals surface area contributed by atoms with Crippen molar-refractivity contribution in [1.82, 2.24) is 4.57 Å². The number of amides is 1. The highest BCUT2D eigenvalue weighted by atomic mass is 79.9. The van der Waals surface area contributed by atoms with Crippen molar-refractivity contribution < 1.29 is 4.79 Å². The van der Waals surface area contributed by atoms with Crippen molar-refractivity contribution in [3.8, 4) is 0 Å². The summed E-state index contributed by atoms with van der Waals surface area (Å²) < 4.78 is 2.92. The Bertz CT molecular complexity index is 665.